The number of rotatable bonds is 3. The first kappa shape index (κ1) is 17.3. The molecule has 4 heterocycles. The van der Waals surface area contributed by atoms with Crippen molar-refractivity contribution in [3.8, 4) is 5.82 Å². The predicted molar refractivity (Wildman–Crippen MR) is 90.4 cm³/mol. The van der Waals surface area contributed by atoms with Crippen molar-refractivity contribution >= 4 is 5.95 Å². The second-order valence-electron chi connectivity index (χ2n) is 6.98. The molecular formula is C17H21F3N6. The summed E-state index contributed by atoms with van der Waals surface area (Å²) in [5.74, 6) is 0.651. The number of piperidine rings is 1. The maximum absolute atomic E-state index is 13.3. The van der Waals surface area contributed by atoms with E-state index in [2.05, 4.69) is 20.4 Å². The van der Waals surface area contributed by atoms with Crippen molar-refractivity contribution in [2.45, 2.75) is 44.3 Å². The molecule has 140 valence electrons. The fourth-order valence-corrected chi connectivity index (χ4v) is 3.45. The van der Waals surface area contributed by atoms with E-state index in [0.29, 0.717) is 12.5 Å². The summed E-state index contributed by atoms with van der Waals surface area (Å²) in [4.78, 5) is 9.88. The Balaban J connectivity index is 1.69. The average Bonchev–Trinajstić information content (AvgIpc) is 3.10. The maximum Gasteiger partial charge on any atom is 0.433 e. The molecule has 2 aliphatic heterocycles. The highest BCUT2D eigenvalue weighted by molar-refractivity contribution is 5.41. The van der Waals surface area contributed by atoms with Crippen LogP contribution in [0.25, 0.3) is 5.82 Å². The van der Waals surface area contributed by atoms with Gasteiger partial charge >= 0.3 is 6.18 Å². The number of nitrogens with one attached hydrogen (secondary N) is 1. The summed E-state index contributed by atoms with van der Waals surface area (Å²) in [6.07, 6.45) is 1.93. The first-order valence-electron chi connectivity index (χ1n) is 8.90. The van der Waals surface area contributed by atoms with Gasteiger partial charge in [-0.2, -0.15) is 23.3 Å². The van der Waals surface area contributed by atoms with Crippen molar-refractivity contribution < 1.29 is 13.2 Å². The normalized spacial score (nSPS) is 21.7. The molecule has 2 aliphatic rings. The zero-order chi connectivity index (χ0) is 18.3. The Bertz CT molecular complexity index is 781. The highest BCUT2D eigenvalue weighted by Gasteiger charge is 2.36. The van der Waals surface area contributed by atoms with Gasteiger partial charge in [0.25, 0.3) is 0 Å². The van der Waals surface area contributed by atoms with Crippen LogP contribution in [0.4, 0.5) is 19.1 Å². The van der Waals surface area contributed by atoms with Crippen LogP contribution in [0.1, 0.15) is 43.4 Å². The molecule has 0 radical (unpaired) electrons. The highest BCUT2D eigenvalue weighted by atomic mass is 19.4. The van der Waals surface area contributed by atoms with Crippen molar-refractivity contribution in [3.63, 3.8) is 0 Å². The van der Waals surface area contributed by atoms with E-state index in [1.165, 1.54) is 4.68 Å². The lowest BCUT2D eigenvalue weighted by atomic mass is 9.93. The van der Waals surface area contributed by atoms with Gasteiger partial charge in [0.1, 0.15) is 0 Å². The van der Waals surface area contributed by atoms with Crippen LogP contribution in [0.2, 0.25) is 0 Å². The molecule has 0 unspecified atom stereocenters. The Morgan fingerprint density at radius 1 is 1.15 bits per heavy atom. The Morgan fingerprint density at radius 3 is 2.54 bits per heavy atom. The Morgan fingerprint density at radius 2 is 1.92 bits per heavy atom. The van der Waals surface area contributed by atoms with E-state index in [1.54, 1.807) is 17.3 Å². The van der Waals surface area contributed by atoms with E-state index in [0.717, 1.165) is 44.0 Å². The van der Waals surface area contributed by atoms with Gasteiger partial charge in [0, 0.05) is 24.8 Å². The third kappa shape index (κ3) is 3.27. The van der Waals surface area contributed by atoms with E-state index in [4.69, 9.17) is 0 Å². The zero-order valence-electron chi connectivity index (χ0n) is 14.5. The molecule has 2 fully saturated rings. The summed E-state index contributed by atoms with van der Waals surface area (Å²) in [6.45, 7) is 4.51. The molecule has 6 nitrogen and oxygen atoms in total. The molecule has 0 aliphatic carbocycles. The largest absolute Gasteiger partial charge is 0.433 e. The van der Waals surface area contributed by atoms with Crippen LogP contribution >= 0.6 is 0 Å². The number of hydrogen-bond acceptors (Lipinski definition) is 5. The molecule has 0 amide bonds. The van der Waals surface area contributed by atoms with Crippen molar-refractivity contribution in [2.75, 3.05) is 24.5 Å². The maximum atomic E-state index is 13.3. The first-order chi connectivity index (χ1) is 12.4. The first-order valence-corrected chi connectivity index (χ1v) is 8.90. The van der Waals surface area contributed by atoms with E-state index < -0.39 is 11.9 Å². The minimum absolute atomic E-state index is 0.118. The zero-order valence-corrected chi connectivity index (χ0v) is 14.5. The van der Waals surface area contributed by atoms with Crippen LogP contribution in [0.5, 0.6) is 0 Å². The molecule has 0 saturated carbocycles. The van der Waals surface area contributed by atoms with E-state index in [1.807, 2.05) is 6.92 Å². The summed E-state index contributed by atoms with van der Waals surface area (Å²) in [6, 6.07) is 1.11. The number of aromatic nitrogens is 4. The van der Waals surface area contributed by atoms with Gasteiger partial charge in [-0.1, -0.05) is 0 Å². The lowest BCUT2D eigenvalue weighted by molar-refractivity contribution is -0.141. The van der Waals surface area contributed by atoms with Crippen molar-refractivity contribution in [2.24, 2.45) is 0 Å². The van der Waals surface area contributed by atoms with Gasteiger partial charge in [0.05, 0.1) is 6.20 Å². The smallest absolute Gasteiger partial charge is 0.338 e. The van der Waals surface area contributed by atoms with Gasteiger partial charge in [-0.15, -0.1) is 0 Å². The quantitative estimate of drug-likeness (QED) is 0.905. The van der Waals surface area contributed by atoms with Gasteiger partial charge in [-0.25, -0.2) is 9.67 Å². The Hall–Kier alpha value is -2.16. The number of anilines is 1. The molecule has 0 aromatic carbocycles. The molecule has 2 aromatic rings. The molecule has 0 spiro atoms. The Kier molecular flexibility index (Phi) is 4.34. The molecule has 1 N–H and O–H groups in total. The van der Waals surface area contributed by atoms with E-state index >= 15 is 0 Å². The average molecular weight is 366 g/mol. The molecule has 1 atom stereocenters. The molecule has 4 rings (SSSR count). The summed E-state index contributed by atoms with van der Waals surface area (Å²) < 4.78 is 41.3. The number of alkyl halides is 3. The van der Waals surface area contributed by atoms with Crippen LogP contribution < -0.4 is 10.2 Å². The summed E-state index contributed by atoms with van der Waals surface area (Å²) in [5, 5.41) is 7.57. The van der Waals surface area contributed by atoms with E-state index in [-0.39, 0.29) is 17.8 Å². The molecule has 0 bridgehead atoms. The lowest BCUT2D eigenvalue weighted by Crippen LogP contribution is -2.47. The van der Waals surface area contributed by atoms with Crippen LogP contribution in [0, 0.1) is 0 Å². The highest BCUT2D eigenvalue weighted by Crippen LogP contribution is 2.32. The second-order valence-corrected chi connectivity index (χ2v) is 6.98. The fourth-order valence-electron chi connectivity index (χ4n) is 3.45. The number of nitrogens with zero attached hydrogens (tertiary/aromatic N) is 5. The standard InChI is InChI=1S/C17H21F3N6/c1-11-4-7-25(11)16-23-14(17(18,19)20)8-15(24-16)26-10-13(9-22-26)12-2-5-21-6-3-12/h8-12,21H,2-7H2,1H3/t11-/m0/s1. The monoisotopic (exact) mass is 366 g/mol. The van der Waals surface area contributed by atoms with Gasteiger partial charge in [0.15, 0.2) is 11.5 Å². The third-order valence-electron chi connectivity index (χ3n) is 5.22. The summed E-state index contributed by atoms with van der Waals surface area (Å²) in [5.41, 5.74) is 0.105. The van der Waals surface area contributed by atoms with Gasteiger partial charge in [0.2, 0.25) is 5.95 Å². The van der Waals surface area contributed by atoms with Crippen LogP contribution in [-0.4, -0.2) is 45.4 Å². The molecule has 2 saturated heterocycles. The number of hydrogen-bond donors (Lipinski definition) is 1. The minimum Gasteiger partial charge on any atom is -0.338 e. The summed E-state index contributed by atoms with van der Waals surface area (Å²) in [7, 11) is 0. The molecular weight excluding hydrogens is 345 g/mol. The van der Waals surface area contributed by atoms with Crippen LogP contribution in [0.3, 0.4) is 0 Å². The topological polar surface area (TPSA) is 58.9 Å². The predicted octanol–water partition coefficient (Wildman–Crippen LogP) is 2.75. The van der Waals surface area contributed by atoms with Gasteiger partial charge in [-0.3, -0.25) is 0 Å². The van der Waals surface area contributed by atoms with Gasteiger partial charge < -0.3 is 10.2 Å². The number of halogens is 3. The van der Waals surface area contributed by atoms with E-state index in [9.17, 15) is 13.2 Å². The van der Waals surface area contributed by atoms with Crippen LogP contribution in [0.15, 0.2) is 18.5 Å². The van der Waals surface area contributed by atoms with Crippen molar-refractivity contribution in [1.82, 2.24) is 25.1 Å². The van der Waals surface area contributed by atoms with Gasteiger partial charge in [-0.05, 0) is 50.8 Å². The lowest BCUT2D eigenvalue weighted by Gasteiger charge is -2.38. The molecule has 2 aromatic heterocycles. The SMILES string of the molecule is C[C@H]1CCN1c1nc(-n2cc(C3CCNCC3)cn2)cc(C(F)(F)F)n1. The Labute approximate surface area is 149 Å². The fraction of sp³-hybridized carbons (Fsp3) is 0.588. The van der Waals surface area contributed by atoms with Crippen molar-refractivity contribution in [1.29, 1.82) is 0 Å². The van der Waals surface area contributed by atoms with Crippen LogP contribution in [-0.2, 0) is 6.18 Å². The second kappa shape index (κ2) is 6.53. The minimum atomic E-state index is -4.52. The third-order valence-corrected chi connectivity index (χ3v) is 5.22. The van der Waals surface area contributed by atoms with Crippen molar-refractivity contribution in [3.05, 3.63) is 29.7 Å². The molecule has 9 heteroatoms. The summed E-state index contributed by atoms with van der Waals surface area (Å²) >= 11 is 0. The molecule has 26 heavy (non-hydrogen) atoms.